The zero-order chi connectivity index (χ0) is 13.7. The summed E-state index contributed by atoms with van der Waals surface area (Å²) in [5.74, 6) is 0.138. The molecule has 1 aliphatic heterocycles. The van der Waals surface area contributed by atoms with E-state index in [0.717, 1.165) is 30.8 Å². The highest BCUT2D eigenvalue weighted by atomic mass is 35.5. The molecule has 0 bridgehead atoms. The topological polar surface area (TPSA) is 41.1 Å². The third kappa shape index (κ3) is 5.35. The Balaban J connectivity index is 0.00000200. The molecule has 1 aliphatic rings. The fraction of sp³-hybridized carbons (Fsp3) is 0.533. The zero-order valence-corrected chi connectivity index (χ0v) is 13.7. The Morgan fingerprint density at radius 3 is 2.70 bits per heavy atom. The van der Waals surface area contributed by atoms with Crippen LogP contribution in [-0.2, 0) is 4.79 Å². The maximum Gasteiger partial charge on any atom is 0.233 e. The summed E-state index contributed by atoms with van der Waals surface area (Å²) in [4.78, 5) is 13.3. The molecule has 1 heterocycles. The molecule has 1 amide bonds. The van der Waals surface area contributed by atoms with Crippen molar-refractivity contribution in [3.05, 3.63) is 29.8 Å². The minimum atomic E-state index is -0.0513. The van der Waals surface area contributed by atoms with Gasteiger partial charge in [-0.05, 0) is 45.4 Å². The van der Waals surface area contributed by atoms with Crippen molar-refractivity contribution in [3.8, 4) is 0 Å². The molecule has 0 aromatic heterocycles. The first-order valence-corrected chi connectivity index (χ1v) is 7.77. The van der Waals surface area contributed by atoms with Crippen LogP contribution < -0.4 is 10.6 Å². The van der Waals surface area contributed by atoms with E-state index in [1.807, 2.05) is 6.92 Å². The van der Waals surface area contributed by atoms with E-state index in [1.54, 1.807) is 11.8 Å². The molecule has 1 aromatic rings. The maximum atomic E-state index is 12.1. The molecule has 0 aliphatic carbocycles. The summed E-state index contributed by atoms with van der Waals surface area (Å²) in [7, 11) is 0. The van der Waals surface area contributed by atoms with Crippen LogP contribution in [0.5, 0.6) is 0 Å². The average molecular weight is 315 g/mol. The minimum Gasteiger partial charge on any atom is -0.351 e. The molecule has 1 fully saturated rings. The second-order valence-electron chi connectivity index (χ2n) is 5.12. The molecule has 2 atom stereocenters. The van der Waals surface area contributed by atoms with E-state index in [2.05, 4.69) is 41.8 Å². The van der Waals surface area contributed by atoms with Gasteiger partial charge in [0.25, 0.3) is 0 Å². The van der Waals surface area contributed by atoms with E-state index in [9.17, 15) is 4.79 Å². The molecule has 2 N–H and O–H groups in total. The lowest BCUT2D eigenvalue weighted by Crippen LogP contribution is -2.47. The number of benzene rings is 1. The normalized spacial score (nSPS) is 19.8. The molecule has 5 heteroatoms. The van der Waals surface area contributed by atoms with Crippen LogP contribution in [0, 0.1) is 6.92 Å². The summed E-state index contributed by atoms with van der Waals surface area (Å²) in [6.07, 6.45) is 2.23. The van der Waals surface area contributed by atoms with Gasteiger partial charge in [-0.1, -0.05) is 17.7 Å². The summed E-state index contributed by atoms with van der Waals surface area (Å²) < 4.78 is 0. The van der Waals surface area contributed by atoms with Gasteiger partial charge in [-0.3, -0.25) is 4.79 Å². The number of hydrogen-bond donors (Lipinski definition) is 2. The van der Waals surface area contributed by atoms with Crippen LogP contribution in [0.15, 0.2) is 29.2 Å². The molecule has 1 saturated heterocycles. The molecule has 112 valence electrons. The summed E-state index contributed by atoms with van der Waals surface area (Å²) in [5, 5.41) is 6.39. The highest BCUT2D eigenvalue weighted by molar-refractivity contribution is 8.00. The van der Waals surface area contributed by atoms with Gasteiger partial charge in [-0.15, -0.1) is 24.2 Å². The summed E-state index contributed by atoms with van der Waals surface area (Å²) in [6.45, 7) is 6.00. The summed E-state index contributed by atoms with van der Waals surface area (Å²) in [5.41, 5.74) is 1.25. The largest absolute Gasteiger partial charge is 0.351 e. The first-order chi connectivity index (χ1) is 9.15. The van der Waals surface area contributed by atoms with Gasteiger partial charge in [0, 0.05) is 17.5 Å². The Hall–Kier alpha value is -0.710. The first-order valence-electron chi connectivity index (χ1n) is 6.89. The highest BCUT2D eigenvalue weighted by Gasteiger charge is 2.19. The van der Waals surface area contributed by atoms with Gasteiger partial charge < -0.3 is 10.6 Å². The molecule has 0 saturated carbocycles. The lowest BCUT2D eigenvalue weighted by Gasteiger charge is -2.25. The number of amides is 1. The van der Waals surface area contributed by atoms with Crippen LogP contribution in [0.25, 0.3) is 0 Å². The van der Waals surface area contributed by atoms with Gasteiger partial charge in [0.15, 0.2) is 0 Å². The van der Waals surface area contributed by atoms with E-state index in [-0.39, 0.29) is 23.6 Å². The summed E-state index contributed by atoms with van der Waals surface area (Å²) in [6, 6.07) is 8.61. The lowest BCUT2D eigenvalue weighted by atomic mass is 10.1. The number of carbonyl (C=O) groups is 1. The number of piperidine rings is 1. The Morgan fingerprint density at radius 1 is 1.40 bits per heavy atom. The first kappa shape index (κ1) is 17.3. The smallest absolute Gasteiger partial charge is 0.233 e. The van der Waals surface area contributed by atoms with Crippen LogP contribution in [0.3, 0.4) is 0 Å². The summed E-state index contributed by atoms with van der Waals surface area (Å²) >= 11 is 1.62. The van der Waals surface area contributed by atoms with Crippen LogP contribution in [-0.4, -0.2) is 30.3 Å². The van der Waals surface area contributed by atoms with Crippen molar-refractivity contribution in [2.75, 3.05) is 13.1 Å². The van der Waals surface area contributed by atoms with Crippen molar-refractivity contribution in [2.24, 2.45) is 0 Å². The van der Waals surface area contributed by atoms with Crippen molar-refractivity contribution in [1.29, 1.82) is 0 Å². The number of nitrogens with one attached hydrogen (secondary N) is 2. The van der Waals surface area contributed by atoms with Gasteiger partial charge in [0.1, 0.15) is 0 Å². The van der Waals surface area contributed by atoms with Crippen molar-refractivity contribution in [2.45, 2.75) is 42.9 Å². The fourth-order valence-corrected chi connectivity index (χ4v) is 3.04. The van der Waals surface area contributed by atoms with E-state index in [1.165, 1.54) is 5.56 Å². The third-order valence-corrected chi connectivity index (χ3v) is 4.46. The van der Waals surface area contributed by atoms with E-state index >= 15 is 0 Å². The van der Waals surface area contributed by atoms with Crippen molar-refractivity contribution < 1.29 is 4.79 Å². The van der Waals surface area contributed by atoms with Crippen molar-refractivity contribution in [3.63, 3.8) is 0 Å². The van der Waals surface area contributed by atoms with Crippen LogP contribution in [0.4, 0.5) is 0 Å². The average Bonchev–Trinajstić information content (AvgIpc) is 2.42. The SMILES string of the molecule is Cc1ccc(SC(C)C(=O)N[C@H]2CCCNC2)cc1.Cl. The maximum absolute atomic E-state index is 12.1. The van der Waals surface area contributed by atoms with Crippen LogP contribution in [0.1, 0.15) is 25.3 Å². The predicted molar refractivity (Wildman–Crippen MR) is 87.8 cm³/mol. The molecule has 1 aromatic carbocycles. The number of halogens is 1. The predicted octanol–water partition coefficient (Wildman–Crippen LogP) is 2.77. The van der Waals surface area contributed by atoms with Gasteiger partial charge in [-0.2, -0.15) is 0 Å². The Morgan fingerprint density at radius 2 is 2.10 bits per heavy atom. The van der Waals surface area contributed by atoms with Crippen molar-refractivity contribution in [1.82, 2.24) is 10.6 Å². The number of rotatable bonds is 4. The number of thioether (sulfide) groups is 1. The Labute approximate surface area is 131 Å². The molecule has 1 unspecified atom stereocenters. The standard InChI is InChI=1S/C15H22N2OS.ClH/c1-11-5-7-14(8-6-11)19-12(2)15(18)17-13-4-3-9-16-10-13;/h5-8,12-13,16H,3-4,9-10H2,1-2H3,(H,17,18);1H/t12?,13-;/m0./s1. The van der Waals surface area contributed by atoms with E-state index < -0.39 is 0 Å². The molecule has 0 radical (unpaired) electrons. The molecular formula is C15H23ClN2OS. The second kappa shape index (κ2) is 8.55. The third-order valence-electron chi connectivity index (χ3n) is 3.35. The Bertz CT molecular complexity index is 418. The number of hydrogen-bond acceptors (Lipinski definition) is 3. The Kier molecular flexibility index (Phi) is 7.41. The highest BCUT2D eigenvalue weighted by Crippen LogP contribution is 2.23. The van der Waals surface area contributed by atoms with Gasteiger partial charge in [0.05, 0.1) is 5.25 Å². The van der Waals surface area contributed by atoms with Crippen molar-refractivity contribution >= 4 is 30.1 Å². The van der Waals surface area contributed by atoms with Gasteiger partial charge >= 0.3 is 0 Å². The number of carbonyl (C=O) groups excluding carboxylic acids is 1. The lowest BCUT2D eigenvalue weighted by molar-refractivity contribution is -0.121. The zero-order valence-electron chi connectivity index (χ0n) is 12.0. The number of aryl methyl sites for hydroxylation is 1. The van der Waals surface area contributed by atoms with E-state index in [4.69, 9.17) is 0 Å². The monoisotopic (exact) mass is 314 g/mol. The van der Waals surface area contributed by atoms with Crippen LogP contribution in [0.2, 0.25) is 0 Å². The van der Waals surface area contributed by atoms with Gasteiger partial charge in [0.2, 0.25) is 5.91 Å². The minimum absolute atomic E-state index is 0. The molecule has 3 nitrogen and oxygen atoms in total. The quantitative estimate of drug-likeness (QED) is 0.840. The van der Waals surface area contributed by atoms with Crippen LogP contribution >= 0.6 is 24.2 Å². The van der Waals surface area contributed by atoms with Gasteiger partial charge in [-0.25, -0.2) is 0 Å². The molecular weight excluding hydrogens is 292 g/mol. The molecule has 0 spiro atoms. The molecule has 20 heavy (non-hydrogen) atoms. The fourth-order valence-electron chi connectivity index (χ4n) is 2.17. The van der Waals surface area contributed by atoms with E-state index in [0.29, 0.717) is 6.04 Å². The second-order valence-corrected chi connectivity index (χ2v) is 6.54. The molecule has 2 rings (SSSR count).